The predicted octanol–water partition coefficient (Wildman–Crippen LogP) is 7.33. The second-order valence-corrected chi connectivity index (χ2v) is 14.7. The fraction of sp³-hybridized carbons (Fsp3) is 0.500. The first-order valence-corrected chi connectivity index (χ1v) is 12.6. The van der Waals surface area contributed by atoms with Gasteiger partial charge in [0.25, 0.3) is 0 Å². The number of hydrogen-bond donors (Lipinski definition) is 0. The van der Waals surface area contributed by atoms with E-state index in [1.807, 2.05) is 43.3 Å². The minimum absolute atomic E-state index is 0. The molecule has 2 aliphatic rings. The number of hydrogen-bond acceptors (Lipinski definition) is 3. The minimum Gasteiger partial charge on any atom is -0.477 e. The van der Waals surface area contributed by atoms with Gasteiger partial charge in [0.2, 0.25) is 0 Å². The van der Waals surface area contributed by atoms with Crippen LogP contribution in [-0.4, -0.2) is 14.5 Å². The van der Waals surface area contributed by atoms with Crippen molar-refractivity contribution in [2.75, 3.05) is 0 Å². The van der Waals surface area contributed by atoms with Crippen LogP contribution in [0.4, 0.5) is 0 Å². The molecule has 4 nitrogen and oxygen atoms in total. The molecule has 1 radical (unpaired) electrons. The summed E-state index contributed by atoms with van der Waals surface area (Å²) >= 11 is 0. The summed E-state index contributed by atoms with van der Waals surface area (Å²) < 4.78 is 22.7. The third kappa shape index (κ3) is 2.59. The van der Waals surface area contributed by atoms with Gasteiger partial charge in [0.15, 0.2) is 0 Å². The molecule has 6 heteroatoms. The van der Waals surface area contributed by atoms with Gasteiger partial charge in [-0.05, 0) is 60.3 Å². The summed E-state index contributed by atoms with van der Waals surface area (Å²) in [6.07, 6.45) is 0. The first kappa shape index (κ1) is 23.7. The van der Waals surface area contributed by atoms with Crippen molar-refractivity contribution in [3.63, 3.8) is 0 Å². The van der Waals surface area contributed by atoms with Gasteiger partial charge in [0, 0.05) is 25.9 Å². The van der Waals surface area contributed by atoms with E-state index in [-0.39, 0.29) is 36.4 Å². The molecule has 2 heterocycles. The second-order valence-electron chi connectivity index (χ2n) is 11.7. The Hall–Kier alpha value is -1.41. The summed E-state index contributed by atoms with van der Waals surface area (Å²) in [6.45, 7) is 19.9. The first-order chi connectivity index (χ1) is 14.1. The Bertz CT molecular complexity index is 1310. The fourth-order valence-corrected chi connectivity index (χ4v) is 7.52. The van der Waals surface area contributed by atoms with Crippen LogP contribution < -0.4 is 4.52 Å². The van der Waals surface area contributed by atoms with E-state index in [0.717, 1.165) is 16.6 Å². The molecule has 5 rings (SSSR count). The average Bonchev–Trinajstić information content (AvgIpc) is 3.09. The Labute approximate surface area is 205 Å². The molecule has 0 saturated heterocycles. The van der Waals surface area contributed by atoms with Crippen LogP contribution in [0.15, 0.2) is 30.3 Å². The van der Waals surface area contributed by atoms with Gasteiger partial charge in [-0.3, -0.25) is 13.9 Å². The average molecular weight is 628 g/mol. The molecule has 0 fully saturated rings. The van der Waals surface area contributed by atoms with Gasteiger partial charge < -0.3 is 4.52 Å². The Morgan fingerprint density at radius 2 is 1.62 bits per heavy atom. The maximum atomic E-state index is 14.5. The SMILES string of the molecule is CC1(C)c2cc3nc4n(c3cc2C(C)(C)C1(C)C)P(=O)(C(C)(C)C)Oc1ccc[c-]c1-4.[Ir]. The number of benzene rings is 2. The van der Waals surface area contributed by atoms with Crippen LogP contribution in [0, 0.1) is 11.5 Å². The Balaban J connectivity index is 0.00000245. The van der Waals surface area contributed by atoms with Crippen molar-refractivity contribution in [2.24, 2.45) is 5.41 Å². The molecule has 0 bridgehead atoms. The third-order valence-electron chi connectivity index (χ3n) is 8.62. The maximum absolute atomic E-state index is 14.5. The largest absolute Gasteiger partial charge is 0.477 e. The number of fused-ring (bicyclic) bond motifs is 6. The quantitative estimate of drug-likeness (QED) is 0.194. The van der Waals surface area contributed by atoms with E-state index in [2.05, 4.69) is 59.7 Å². The molecular weight excluding hydrogens is 595 g/mol. The van der Waals surface area contributed by atoms with E-state index in [4.69, 9.17) is 9.51 Å². The van der Waals surface area contributed by atoms with E-state index in [1.165, 1.54) is 11.1 Å². The van der Waals surface area contributed by atoms with Crippen molar-refractivity contribution >= 4 is 18.6 Å². The monoisotopic (exact) mass is 628 g/mol. The topological polar surface area (TPSA) is 44.1 Å². The predicted molar refractivity (Wildman–Crippen MR) is 127 cm³/mol. The summed E-state index contributed by atoms with van der Waals surface area (Å²) in [5.41, 5.74) is 5.15. The van der Waals surface area contributed by atoms with Crippen molar-refractivity contribution in [3.05, 3.63) is 47.5 Å². The van der Waals surface area contributed by atoms with Gasteiger partial charge in [0.05, 0.1) is 22.0 Å². The summed E-state index contributed by atoms with van der Waals surface area (Å²) in [4.78, 5) is 5.02. The van der Waals surface area contributed by atoms with Gasteiger partial charge in [-0.25, -0.2) is 0 Å². The van der Waals surface area contributed by atoms with Crippen LogP contribution in [0.3, 0.4) is 0 Å². The number of aromatic nitrogens is 2. The molecule has 1 atom stereocenters. The number of rotatable bonds is 0. The first-order valence-electron chi connectivity index (χ1n) is 11.0. The van der Waals surface area contributed by atoms with Gasteiger partial charge in [-0.1, -0.05) is 47.1 Å². The van der Waals surface area contributed by atoms with Crippen molar-refractivity contribution in [3.8, 4) is 17.1 Å². The van der Waals surface area contributed by atoms with Crippen LogP contribution in [0.25, 0.3) is 22.4 Å². The van der Waals surface area contributed by atoms with Gasteiger partial charge in [-0.15, -0.1) is 24.3 Å². The number of nitrogens with zero attached hydrogens (tertiary/aromatic N) is 2. The minimum atomic E-state index is -3.31. The van der Waals surface area contributed by atoms with Crippen LogP contribution in [-0.2, 0) is 35.5 Å². The van der Waals surface area contributed by atoms with Crippen LogP contribution in [0.5, 0.6) is 5.75 Å². The van der Waals surface area contributed by atoms with E-state index < -0.39 is 12.7 Å². The molecule has 1 aliphatic carbocycles. The summed E-state index contributed by atoms with van der Waals surface area (Å²) in [7, 11) is -3.31. The smallest absolute Gasteiger partial charge is 0.337 e. The fourth-order valence-electron chi connectivity index (χ4n) is 5.31. The number of imidazole rings is 1. The molecule has 0 saturated carbocycles. The van der Waals surface area contributed by atoms with Gasteiger partial charge in [-0.2, -0.15) is 0 Å². The van der Waals surface area contributed by atoms with E-state index in [1.54, 1.807) is 0 Å². The molecule has 1 unspecified atom stereocenters. The molecule has 1 aromatic heterocycles. The van der Waals surface area contributed by atoms with E-state index in [9.17, 15) is 4.57 Å². The van der Waals surface area contributed by atoms with Crippen LogP contribution >= 0.6 is 7.52 Å². The molecule has 0 N–H and O–H groups in total. The van der Waals surface area contributed by atoms with Crippen LogP contribution in [0.1, 0.15) is 73.4 Å². The zero-order chi connectivity index (χ0) is 22.8. The van der Waals surface area contributed by atoms with Crippen molar-refractivity contribution in [2.45, 2.75) is 78.3 Å². The Morgan fingerprint density at radius 3 is 2.22 bits per heavy atom. The van der Waals surface area contributed by atoms with Gasteiger partial charge in [0.1, 0.15) is 0 Å². The second kappa shape index (κ2) is 6.59. The molecule has 2 aromatic carbocycles. The Kier molecular flexibility index (Phi) is 4.89. The van der Waals surface area contributed by atoms with Crippen molar-refractivity contribution in [1.29, 1.82) is 0 Å². The molecule has 0 spiro atoms. The normalized spacial score (nSPS) is 24.2. The molecule has 1 aliphatic heterocycles. The molecular formula is C26H32IrN2O2P-. The van der Waals surface area contributed by atoms with Crippen LogP contribution in [0.2, 0.25) is 0 Å². The molecule has 173 valence electrons. The Morgan fingerprint density at radius 1 is 1.03 bits per heavy atom. The van der Waals surface area contributed by atoms with Crippen molar-refractivity contribution in [1.82, 2.24) is 9.32 Å². The summed E-state index contributed by atoms with van der Waals surface area (Å²) in [5, 5.41) is -0.587. The third-order valence-corrected chi connectivity index (χ3v) is 11.7. The maximum Gasteiger partial charge on any atom is 0.337 e. The molecule has 0 amide bonds. The molecule has 3 aromatic rings. The zero-order valence-corrected chi connectivity index (χ0v) is 23.7. The van der Waals surface area contributed by atoms with E-state index >= 15 is 0 Å². The van der Waals surface area contributed by atoms with E-state index in [0.29, 0.717) is 11.6 Å². The van der Waals surface area contributed by atoms with Gasteiger partial charge >= 0.3 is 7.52 Å². The standard InChI is InChI=1S/C26H32N2O2P.Ir/c1-23(2,3)31(29)28-20-15-18-17(24(4,5)26(8,9)25(18,6)7)14-19(20)27-22(28)16-12-10-11-13-21(16)30-31;/h10-11,13-15H,1-9H3;/q-1;. The zero-order valence-electron chi connectivity index (χ0n) is 20.4. The summed E-state index contributed by atoms with van der Waals surface area (Å²) in [6, 6.07) is 13.3. The summed E-state index contributed by atoms with van der Waals surface area (Å²) in [5.74, 6) is 1.28. The molecule has 32 heavy (non-hydrogen) atoms. The van der Waals surface area contributed by atoms with Crippen molar-refractivity contribution < 1.29 is 29.2 Å².